The van der Waals surface area contributed by atoms with Gasteiger partial charge in [-0.25, -0.2) is 0 Å². The molecule has 1 heterocycles. The quantitative estimate of drug-likeness (QED) is 0.774. The molecule has 0 aromatic heterocycles. The van der Waals surface area contributed by atoms with Gasteiger partial charge in [0.15, 0.2) is 18.1 Å². The summed E-state index contributed by atoms with van der Waals surface area (Å²) in [5.74, 6) is -0.288. The largest absolute Gasteiger partial charge is 0.493 e. The second kappa shape index (κ2) is 8.91. The number of carboxylic acids is 1. The number of ether oxygens (including phenoxy) is 2. The summed E-state index contributed by atoms with van der Waals surface area (Å²) in [6.07, 6.45) is -0.190. The number of hydrogen-bond acceptors (Lipinski definition) is 5. The second-order valence-electron chi connectivity index (χ2n) is 5.59. The Balaban J connectivity index is 1.77. The molecular formula is C17H22N2O6. The minimum absolute atomic E-state index is 0.0137. The molecule has 25 heavy (non-hydrogen) atoms. The molecule has 1 aromatic carbocycles. The van der Waals surface area contributed by atoms with Crippen molar-refractivity contribution in [3.63, 3.8) is 0 Å². The number of carbonyl (C=O) groups excluding carboxylic acids is 2. The number of para-hydroxylation sites is 2. The normalized spacial score (nSPS) is 14.1. The first-order chi connectivity index (χ1) is 12.0. The highest BCUT2D eigenvalue weighted by Crippen LogP contribution is 2.25. The molecule has 1 fully saturated rings. The van der Waals surface area contributed by atoms with Gasteiger partial charge in [0.2, 0.25) is 5.91 Å². The molecule has 136 valence electrons. The van der Waals surface area contributed by atoms with E-state index >= 15 is 0 Å². The van der Waals surface area contributed by atoms with Gasteiger partial charge in [-0.15, -0.1) is 0 Å². The van der Waals surface area contributed by atoms with Crippen LogP contribution in [0.25, 0.3) is 0 Å². The van der Waals surface area contributed by atoms with Gasteiger partial charge in [-0.3, -0.25) is 14.4 Å². The van der Waals surface area contributed by atoms with Crippen LogP contribution >= 0.6 is 0 Å². The molecule has 1 aliphatic heterocycles. The average Bonchev–Trinajstić information content (AvgIpc) is 2.64. The van der Waals surface area contributed by atoms with Gasteiger partial charge in [0, 0.05) is 32.6 Å². The minimum Gasteiger partial charge on any atom is -0.493 e. The Labute approximate surface area is 145 Å². The first-order valence-corrected chi connectivity index (χ1v) is 8.04. The molecule has 0 unspecified atom stereocenters. The Morgan fingerprint density at radius 2 is 1.52 bits per heavy atom. The van der Waals surface area contributed by atoms with Crippen LogP contribution in [0.2, 0.25) is 0 Å². The zero-order valence-corrected chi connectivity index (χ0v) is 14.1. The SMILES string of the molecule is COc1ccccc1OCC(=O)N1CCN(C(=O)CCC(=O)O)CC1. The van der Waals surface area contributed by atoms with E-state index in [9.17, 15) is 14.4 Å². The highest BCUT2D eigenvalue weighted by Gasteiger charge is 2.24. The Bertz CT molecular complexity index is 625. The van der Waals surface area contributed by atoms with Crippen LogP contribution in [0.5, 0.6) is 11.5 Å². The van der Waals surface area contributed by atoms with Crippen LogP contribution in [-0.2, 0) is 14.4 Å². The summed E-state index contributed by atoms with van der Waals surface area (Å²) in [6.45, 7) is 1.52. The van der Waals surface area contributed by atoms with E-state index in [1.165, 1.54) is 7.11 Å². The van der Waals surface area contributed by atoms with Crippen molar-refractivity contribution in [2.45, 2.75) is 12.8 Å². The van der Waals surface area contributed by atoms with Gasteiger partial charge in [-0.2, -0.15) is 0 Å². The van der Waals surface area contributed by atoms with E-state index in [1.54, 1.807) is 28.0 Å². The number of carbonyl (C=O) groups is 3. The minimum atomic E-state index is -0.990. The van der Waals surface area contributed by atoms with Crippen molar-refractivity contribution in [2.75, 3.05) is 39.9 Å². The zero-order chi connectivity index (χ0) is 18.2. The third-order valence-electron chi connectivity index (χ3n) is 3.96. The molecule has 8 heteroatoms. The molecule has 0 aliphatic carbocycles. The van der Waals surface area contributed by atoms with Crippen molar-refractivity contribution in [1.82, 2.24) is 9.80 Å². The van der Waals surface area contributed by atoms with Crippen LogP contribution in [0.4, 0.5) is 0 Å². The number of methoxy groups -OCH3 is 1. The van der Waals surface area contributed by atoms with E-state index in [0.29, 0.717) is 37.7 Å². The van der Waals surface area contributed by atoms with Gasteiger partial charge < -0.3 is 24.4 Å². The molecule has 1 aliphatic rings. The summed E-state index contributed by atoms with van der Waals surface area (Å²) in [7, 11) is 1.53. The Morgan fingerprint density at radius 3 is 2.08 bits per heavy atom. The summed E-state index contributed by atoms with van der Waals surface area (Å²) >= 11 is 0. The average molecular weight is 350 g/mol. The number of piperazine rings is 1. The third-order valence-corrected chi connectivity index (χ3v) is 3.96. The van der Waals surface area contributed by atoms with E-state index < -0.39 is 5.97 Å². The summed E-state index contributed by atoms with van der Waals surface area (Å²) in [5, 5.41) is 8.62. The Hall–Kier alpha value is -2.77. The van der Waals surface area contributed by atoms with Crippen LogP contribution < -0.4 is 9.47 Å². The van der Waals surface area contributed by atoms with E-state index in [1.807, 2.05) is 6.07 Å². The fourth-order valence-corrected chi connectivity index (χ4v) is 2.55. The number of rotatable bonds is 7. The lowest BCUT2D eigenvalue weighted by Crippen LogP contribution is -2.51. The second-order valence-corrected chi connectivity index (χ2v) is 5.59. The first kappa shape index (κ1) is 18.6. The highest BCUT2D eigenvalue weighted by atomic mass is 16.5. The van der Waals surface area contributed by atoms with Gasteiger partial charge in [-0.05, 0) is 12.1 Å². The molecule has 0 bridgehead atoms. The predicted molar refractivity (Wildman–Crippen MR) is 88.5 cm³/mol. The fraction of sp³-hybridized carbons (Fsp3) is 0.471. The summed E-state index contributed by atoms with van der Waals surface area (Å²) < 4.78 is 10.7. The zero-order valence-electron chi connectivity index (χ0n) is 14.1. The number of benzene rings is 1. The molecule has 1 saturated heterocycles. The molecule has 1 aromatic rings. The van der Waals surface area contributed by atoms with Gasteiger partial charge in [-0.1, -0.05) is 12.1 Å². The lowest BCUT2D eigenvalue weighted by Gasteiger charge is -2.34. The van der Waals surface area contributed by atoms with Crippen LogP contribution in [0.15, 0.2) is 24.3 Å². The fourth-order valence-electron chi connectivity index (χ4n) is 2.55. The molecule has 2 amide bonds. The van der Waals surface area contributed by atoms with Crippen molar-refractivity contribution in [3.8, 4) is 11.5 Å². The van der Waals surface area contributed by atoms with Crippen LogP contribution in [0.1, 0.15) is 12.8 Å². The van der Waals surface area contributed by atoms with Crippen molar-refractivity contribution in [2.24, 2.45) is 0 Å². The highest BCUT2D eigenvalue weighted by molar-refractivity contribution is 5.81. The van der Waals surface area contributed by atoms with Gasteiger partial charge in [0.25, 0.3) is 5.91 Å². The smallest absolute Gasteiger partial charge is 0.303 e. The maximum absolute atomic E-state index is 12.2. The topological polar surface area (TPSA) is 96.4 Å². The standard InChI is InChI=1S/C17H22N2O6/c1-24-13-4-2-3-5-14(13)25-12-16(21)19-10-8-18(9-11-19)15(20)6-7-17(22)23/h2-5H,6-12H2,1H3,(H,22,23). The van der Waals surface area contributed by atoms with Crippen LogP contribution in [-0.4, -0.2) is 72.6 Å². The predicted octanol–water partition coefficient (Wildman–Crippen LogP) is 0.610. The van der Waals surface area contributed by atoms with Crippen LogP contribution in [0, 0.1) is 0 Å². The lowest BCUT2D eigenvalue weighted by molar-refractivity contribution is -0.143. The van der Waals surface area contributed by atoms with E-state index in [0.717, 1.165) is 0 Å². The number of hydrogen-bond donors (Lipinski definition) is 1. The lowest BCUT2D eigenvalue weighted by atomic mass is 10.2. The Morgan fingerprint density at radius 1 is 0.960 bits per heavy atom. The molecule has 0 radical (unpaired) electrons. The maximum atomic E-state index is 12.2. The molecule has 8 nitrogen and oxygen atoms in total. The van der Waals surface area contributed by atoms with E-state index in [2.05, 4.69) is 0 Å². The number of nitrogens with zero attached hydrogens (tertiary/aromatic N) is 2. The number of carboxylic acid groups (broad SMARTS) is 1. The summed E-state index contributed by atoms with van der Waals surface area (Å²) in [5.41, 5.74) is 0. The molecule has 1 N–H and O–H groups in total. The molecule has 0 saturated carbocycles. The monoisotopic (exact) mass is 350 g/mol. The Kier molecular flexibility index (Phi) is 6.62. The third kappa shape index (κ3) is 5.37. The van der Waals surface area contributed by atoms with E-state index in [-0.39, 0.29) is 31.3 Å². The first-order valence-electron chi connectivity index (χ1n) is 8.04. The maximum Gasteiger partial charge on any atom is 0.303 e. The molecule has 0 spiro atoms. The number of aliphatic carboxylic acids is 1. The van der Waals surface area contributed by atoms with E-state index in [4.69, 9.17) is 14.6 Å². The van der Waals surface area contributed by atoms with Crippen molar-refractivity contribution < 1.29 is 29.0 Å². The van der Waals surface area contributed by atoms with Gasteiger partial charge in [0.05, 0.1) is 13.5 Å². The van der Waals surface area contributed by atoms with Crippen molar-refractivity contribution in [3.05, 3.63) is 24.3 Å². The van der Waals surface area contributed by atoms with Crippen molar-refractivity contribution >= 4 is 17.8 Å². The van der Waals surface area contributed by atoms with Gasteiger partial charge in [0.1, 0.15) is 0 Å². The van der Waals surface area contributed by atoms with Gasteiger partial charge >= 0.3 is 5.97 Å². The summed E-state index contributed by atoms with van der Waals surface area (Å²) in [4.78, 5) is 37.9. The summed E-state index contributed by atoms with van der Waals surface area (Å²) in [6, 6.07) is 7.09. The molecular weight excluding hydrogens is 328 g/mol. The van der Waals surface area contributed by atoms with Crippen molar-refractivity contribution in [1.29, 1.82) is 0 Å². The molecule has 2 rings (SSSR count). The molecule has 0 atom stereocenters. The van der Waals surface area contributed by atoms with Crippen LogP contribution in [0.3, 0.4) is 0 Å². The number of amides is 2.